The number of hydrogen-bond donors (Lipinski definition) is 1. The number of non-ortho nitro benzene ring substituents is 1. The van der Waals surface area contributed by atoms with Gasteiger partial charge in [-0.25, -0.2) is 10.1 Å². The van der Waals surface area contributed by atoms with Crippen molar-refractivity contribution in [1.29, 1.82) is 0 Å². The smallest absolute Gasteiger partial charge is 0.269 e. The summed E-state index contributed by atoms with van der Waals surface area (Å²) >= 11 is 0. The molecule has 0 bridgehead atoms. The third kappa shape index (κ3) is 4.93. The summed E-state index contributed by atoms with van der Waals surface area (Å²) in [7, 11) is 0. The maximum atomic E-state index is 12.2. The highest BCUT2D eigenvalue weighted by atomic mass is 16.6. The standard InChI is InChI=1S/C24H19N5O3/c30-23(15-18-11-13-22(14-12-18)29(31)32)26-25-16-20-17-28(21-9-5-2-6-10-21)27-24(20)19-7-3-1-4-8-19/h1-14,16-17H,15H2,(H,26,30)/b25-16+. The topological polar surface area (TPSA) is 102 Å². The summed E-state index contributed by atoms with van der Waals surface area (Å²) in [5.74, 6) is -0.327. The number of carbonyl (C=O) groups excluding carboxylic acids is 1. The summed E-state index contributed by atoms with van der Waals surface area (Å²) < 4.78 is 1.77. The van der Waals surface area contributed by atoms with Crippen molar-refractivity contribution in [1.82, 2.24) is 15.2 Å². The molecule has 1 aromatic heterocycles. The maximum Gasteiger partial charge on any atom is 0.269 e. The van der Waals surface area contributed by atoms with Gasteiger partial charge in [0.05, 0.1) is 23.2 Å². The third-order valence-electron chi connectivity index (χ3n) is 4.72. The van der Waals surface area contributed by atoms with Crippen LogP contribution in [-0.2, 0) is 11.2 Å². The number of hydrazone groups is 1. The first-order chi connectivity index (χ1) is 15.6. The fourth-order valence-electron chi connectivity index (χ4n) is 3.15. The number of nitrogens with zero attached hydrogens (tertiary/aromatic N) is 4. The Kier molecular flexibility index (Phi) is 6.12. The largest absolute Gasteiger partial charge is 0.273 e. The molecule has 1 amide bonds. The number of benzene rings is 3. The quantitative estimate of drug-likeness (QED) is 0.273. The molecule has 8 nitrogen and oxygen atoms in total. The molecule has 4 rings (SSSR count). The molecule has 0 aliphatic carbocycles. The second kappa shape index (κ2) is 9.48. The predicted molar refractivity (Wildman–Crippen MR) is 122 cm³/mol. The molecule has 0 saturated heterocycles. The molecular weight excluding hydrogens is 406 g/mol. The number of nitro groups is 1. The molecule has 0 saturated carbocycles. The molecule has 158 valence electrons. The number of hydrogen-bond acceptors (Lipinski definition) is 5. The van der Waals surface area contributed by atoms with Gasteiger partial charge in [0.15, 0.2) is 0 Å². The Morgan fingerprint density at radius 3 is 2.31 bits per heavy atom. The van der Waals surface area contributed by atoms with Crippen molar-refractivity contribution in [2.75, 3.05) is 0 Å². The van der Waals surface area contributed by atoms with Gasteiger partial charge in [-0.2, -0.15) is 10.2 Å². The highest BCUT2D eigenvalue weighted by Gasteiger charge is 2.11. The summed E-state index contributed by atoms with van der Waals surface area (Å²) in [6.45, 7) is 0. The summed E-state index contributed by atoms with van der Waals surface area (Å²) in [6, 6.07) is 25.3. The van der Waals surface area contributed by atoms with E-state index in [0.29, 0.717) is 5.56 Å². The Balaban J connectivity index is 1.50. The van der Waals surface area contributed by atoms with Gasteiger partial charge in [0, 0.05) is 29.5 Å². The Bertz CT molecular complexity index is 1250. The van der Waals surface area contributed by atoms with Crippen LogP contribution in [0, 0.1) is 10.1 Å². The van der Waals surface area contributed by atoms with E-state index in [1.165, 1.54) is 12.1 Å². The molecule has 4 aromatic rings. The molecule has 0 radical (unpaired) electrons. The monoisotopic (exact) mass is 425 g/mol. The van der Waals surface area contributed by atoms with Gasteiger partial charge in [-0.05, 0) is 17.7 Å². The van der Waals surface area contributed by atoms with Crippen molar-refractivity contribution in [3.63, 3.8) is 0 Å². The number of nitro benzene ring substituents is 1. The summed E-state index contributed by atoms with van der Waals surface area (Å²) in [4.78, 5) is 22.5. The number of carbonyl (C=O) groups is 1. The number of aromatic nitrogens is 2. The van der Waals surface area contributed by atoms with Crippen molar-refractivity contribution in [2.24, 2.45) is 5.10 Å². The van der Waals surface area contributed by atoms with E-state index in [4.69, 9.17) is 5.10 Å². The number of para-hydroxylation sites is 1. The molecule has 3 aromatic carbocycles. The van der Waals surface area contributed by atoms with Crippen LogP contribution in [0.3, 0.4) is 0 Å². The Morgan fingerprint density at radius 1 is 1.00 bits per heavy atom. The van der Waals surface area contributed by atoms with Crippen molar-refractivity contribution >= 4 is 17.8 Å². The first-order valence-corrected chi connectivity index (χ1v) is 9.86. The minimum absolute atomic E-state index is 0.0175. The molecule has 1 N–H and O–H groups in total. The fraction of sp³-hybridized carbons (Fsp3) is 0.0417. The van der Waals surface area contributed by atoms with Crippen molar-refractivity contribution in [2.45, 2.75) is 6.42 Å². The van der Waals surface area contributed by atoms with Gasteiger partial charge >= 0.3 is 0 Å². The zero-order valence-electron chi connectivity index (χ0n) is 17.0. The van der Waals surface area contributed by atoms with Crippen LogP contribution in [-0.4, -0.2) is 26.8 Å². The van der Waals surface area contributed by atoms with Crippen LogP contribution in [0.1, 0.15) is 11.1 Å². The van der Waals surface area contributed by atoms with Gasteiger partial charge in [0.1, 0.15) is 5.69 Å². The van der Waals surface area contributed by atoms with Gasteiger partial charge < -0.3 is 0 Å². The van der Waals surface area contributed by atoms with E-state index in [-0.39, 0.29) is 18.0 Å². The lowest BCUT2D eigenvalue weighted by Crippen LogP contribution is -2.19. The van der Waals surface area contributed by atoms with Crippen molar-refractivity contribution in [3.8, 4) is 16.9 Å². The third-order valence-corrected chi connectivity index (χ3v) is 4.72. The van der Waals surface area contributed by atoms with Gasteiger partial charge in [-0.3, -0.25) is 14.9 Å². The molecule has 0 aliphatic heterocycles. The second-order valence-corrected chi connectivity index (χ2v) is 6.97. The molecule has 0 unspecified atom stereocenters. The van der Waals surface area contributed by atoms with E-state index in [1.54, 1.807) is 23.0 Å². The van der Waals surface area contributed by atoms with Gasteiger partial charge in [0.2, 0.25) is 5.91 Å². The second-order valence-electron chi connectivity index (χ2n) is 6.97. The molecule has 32 heavy (non-hydrogen) atoms. The minimum atomic E-state index is -0.478. The lowest BCUT2D eigenvalue weighted by atomic mass is 10.1. The van der Waals surface area contributed by atoms with Crippen LogP contribution in [0.5, 0.6) is 0 Å². The van der Waals surface area contributed by atoms with Gasteiger partial charge in [-0.15, -0.1) is 0 Å². The van der Waals surface area contributed by atoms with Crippen molar-refractivity contribution in [3.05, 3.63) is 112 Å². The molecule has 8 heteroatoms. The maximum absolute atomic E-state index is 12.2. The van der Waals surface area contributed by atoms with Gasteiger partial charge in [-0.1, -0.05) is 60.7 Å². The van der Waals surface area contributed by atoms with Crippen LogP contribution < -0.4 is 5.43 Å². The normalized spacial score (nSPS) is 10.9. The molecule has 0 fully saturated rings. The molecule has 0 spiro atoms. The Hall–Kier alpha value is -4.59. The van der Waals surface area contributed by atoms with Crippen LogP contribution >= 0.6 is 0 Å². The van der Waals surface area contributed by atoms with E-state index >= 15 is 0 Å². The SMILES string of the molecule is O=C(Cc1ccc([N+](=O)[O-])cc1)N/N=C/c1cn(-c2ccccc2)nc1-c1ccccc1. The number of amides is 1. The van der Waals surface area contributed by atoms with Crippen LogP contribution in [0.15, 0.2) is 96.2 Å². The summed E-state index contributed by atoms with van der Waals surface area (Å²) in [5.41, 5.74) is 6.47. The van der Waals surface area contributed by atoms with Crippen LogP contribution in [0.25, 0.3) is 16.9 Å². The van der Waals surface area contributed by atoms with Crippen LogP contribution in [0.4, 0.5) is 5.69 Å². The lowest BCUT2D eigenvalue weighted by molar-refractivity contribution is -0.384. The average molecular weight is 425 g/mol. The fourth-order valence-corrected chi connectivity index (χ4v) is 3.15. The molecule has 0 aliphatic rings. The number of rotatable bonds is 7. The highest BCUT2D eigenvalue weighted by Crippen LogP contribution is 2.22. The average Bonchev–Trinajstić information content (AvgIpc) is 3.25. The van der Waals surface area contributed by atoms with E-state index in [2.05, 4.69) is 10.5 Å². The van der Waals surface area contributed by atoms with E-state index in [9.17, 15) is 14.9 Å². The Morgan fingerprint density at radius 2 is 1.66 bits per heavy atom. The zero-order valence-corrected chi connectivity index (χ0v) is 17.0. The molecule has 1 heterocycles. The van der Waals surface area contributed by atoms with E-state index in [0.717, 1.165) is 22.5 Å². The number of nitrogens with one attached hydrogen (secondary N) is 1. The lowest BCUT2D eigenvalue weighted by Gasteiger charge is -2.01. The van der Waals surface area contributed by atoms with Crippen LogP contribution in [0.2, 0.25) is 0 Å². The minimum Gasteiger partial charge on any atom is -0.273 e. The first kappa shape index (κ1) is 20.7. The molecular formula is C24H19N5O3. The van der Waals surface area contributed by atoms with E-state index < -0.39 is 4.92 Å². The van der Waals surface area contributed by atoms with Gasteiger partial charge in [0.25, 0.3) is 5.69 Å². The first-order valence-electron chi connectivity index (χ1n) is 9.86. The molecule has 0 atom stereocenters. The van der Waals surface area contributed by atoms with E-state index in [1.807, 2.05) is 66.9 Å². The summed E-state index contributed by atoms with van der Waals surface area (Å²) in [6.07, 6.45) is 3.47. The highest BCUT2D eigenvalue weighted by molar-refractivity contribution is 5.89. The predicted octanol–water partition coefficient (Wildman–Crippen LogP) is 4.14. The van der Waals surface area contributed by atoms with Crippen molar-refractivity contribution < 1.29 is 9.72 Å². The Labute approximate surface area is 184 Å². The zero-order chi connectivity index (χ0) is 22.3. The summed E-state index contributed by atoms with van der Waals surface area (Å²) in [5, 5.41) is 19.5.